The topological polar surface area (TPSA) is 85.4 Å². The minimum Gasteiger partial charge on any atom is -0.488 e. The molecule has 31 heavy (non-hydrogen) atoms. The Balaban J connectivity index is 1.38. The second-order valence-corrected chi connectivity index (χ2v) is 7.85. The average Bonchev–Trinajstić information content (AvgIpc) is 3.31. The molecule has 5 rings (SSSR count). The van der Waals surface area contributed by atoms with E-state index in [0.717, 1.165) is 41.3 Å². The van der Waals surface area contributed by atoms with Crippen LogP contribution in [0, 0.1) is 6.92 Å². The molecule has 9 nitrogen and oxygen atoms in total. The number of hydrogen-bond acceptors (Lipinski definition) is 7. The van der Waals surface area contributed by atoms with E-state index in [2.05, 4.69) is 43.4 Å². The van der Waals surface area contributed by atoms with Gasteiger partial charge in [-0.3, -0.25) is 14.6 Å². The van der Waals surface area contributed by atoms with E-state index in [4.69, 9.17) is 4.74 Å². The van der Waals surface area contributed by atoms with Gasteiger partial charge in [-0.05, 0) is 32.0 Å². The summed E-state index contributed by atoms with van der Waals surface area (Å²) in [6.45, 7) is 7.01. The maximum atomic E-state index is 6.18. The van der Waals surface area contributed by atoms with Gasteiger partial charge in [-0.1, -0.05) is 6.92 Å². The highest BCUT2D eigenvalue weighted by Crippen LogP contribution is 2.31. The minimum absolute atomic E-state index is 0.494. The Morgan fingerprint density at radius 1 is 1.16 bits per heavy atom. The number of likely N-dealkylation sites (N-methyl/N-ethyl adjacent to an activating group) is 1. The van der Waals surface area contributed by atoms with Crippen LogP contribution in [0.5, 0.6) is 5.75 Å². The minimum atomic E-state index is 0.494. The van der Waals surface area contributed by atoms with Crippen LogP contribution in [-0.4, -0.2) is 60.0 Å². The number of aromatic nitrogens is 6. The zero-order valence-electron chi connectivity index (χ0n) is 18.0. The van der Waals surface area contributed by atoms with Crippen LogP contribution in [0.25, 0.3) is 16.8 Å². The molecule has 1 saturated heterocycles. The monoisotopic (exact) mass is 418 g/mol. The van der Waals surface area contributed by atoms with Crippen LogP contribution in [0.3, 0.4) is 0 Å². The van der Waals surface area contributed by atoms with Gasteiger partial charge in [0.05, 0.1) is 29.8 Å². The van der Waals surface area contributed by atoms with Crippen LogP contribution in [0.15, 0.2) is 43.0 Å². The Kier molecular flexibility index (Phi) is 5.03. The first-order valence-electron chi connectivity index (χ1n) is 10.5. The SMILES string of the molecule is CCN1CC[C@@H]1COc1cnn(C)c1-c1ccn2nc(Nc3cnc(C)cn3)cc2c1. The van der Waals surface area contributed by atoms with Gasteiger partial charge in [-0.15, -0.1) is 0 Å². The third-order valence-electron chi connectivity index (χ3n) is 5.78. The number of nitrogens with one attached hydrogen (secondary N) is 1. The van der Waals surface area contributed by atoms with E-state index in [9.17, 15) is 0 Å². The van der Waals surface area contributed by atoms with Crippen LogP contribution in [0.2, 0.25) is 0 Å². The summed E-state index contributed by atoms with van der Waals surface area (Å²) >= 11 is 0. The summed E-state index contributed by atoms with van der Waals surface area (Å²) in [4.78, 5) is 11.0. The molecule has 1 fully saturated rings. The zero-order chi connectivity index (χ0) is 21.4. The molecular weight excluding hydrogens is 392 g/mol. The lowest BCUT2D eigenvalue weighted by Gasteiger charge is -2.39. The first-order valence-corrected chi connectivity index (χ1v) is 10.5. The molecule has 0 radical (unpaired) electrons. The number of ether oxygens (including phenoxy) is 1. The summed E-state index contributed by atoms with van der Waals surface area (Å²) in [5.41, 5.74) is 3.83. The fraction of sp³-hybridized carbons (Fsp3) is 0.364. The van der Waals surface area contributed by atoms with Crippen molar-refractivity contribution in [3.8, 4) is 17.0 Å². The van der Waals surface area contributed by atoms with Crippen molar-refractivity contribution in [2.75, 3.05) is 25.0 Å². The number of nitrogens with zero attached hydrogens (tertiary/aromatic N) is 7. The fourth-order valence-electron chi connectivity index (χ4n) is 3.93. The third kappa shape index (κ3) is 3.84. The third-order valence-corrected chi connectivity index (χ3v) is 5.78. The van der Waals surface area contributed by atoms with E-state index in [-0.39, 0.29) is 0 Å². The number of likely N-dealkylation sites (tertiary alicyclic amines) is 1. The molecule has 0 saturated carbocycles. The summed E-state index contributed by atoms with van der Waals surface area (Å²) in [6.07, 6.45) is 8.35. The van der Waals surface area contributed by atoms with Crippen LogP contribution < -0.4 is 10.1 Å². The smallest absolute Gasteiger partial charge is 0.165 e. The van der Waals surface area contributed by atoms with Gasteiger partial charge in [0.1, 0.15) is 18.1 Å². The molecule has 1 N–H and O–H groups in total. The lowest BCUT2D eigenvalue weighted by Crippen LogP contribution is -2.50. The van der Waals surface area contributed by atoms with Gasteiger partial charge in [0.2, 0.25) is 0 Å². The molecule has 0 bridgehead atoms. The quantitative estimate of drug-likeness (QED) is 0.494. The molecule has 0 unspecified atom stereocenters. The number of fused-ring (bicyclic) bond motifs is 1. The fourth-order valence-corrected chi connectivity index (χ4v) is 3.93. The molecule has 5 heterocycles. The molecule has 0 aliphatic carbocycles. The van der Waals surface area contributed by atoms with Gasteiger partial charge in [-0.2, -0.15) is 10.2 Å². The Morgan fingerprint density at radius 2 is 2.06 bits per heavy atom. The highest BCUT2D eigenvalue weighted by atomic mass is 16.5. The van der Waals surface area contributed by atoms with Crippen molar-refractivity contribution in [1.82, 2.24) is 34.3 Å². The first-order chi connectivity index (χ1) is 15.1. The Bertz CT molecular complexity index is 1190. The van der Waals surface area contributed by atoms with Crippen molar-refractivity contribution in [3.63, 3.8) is 0 Å². The maximum absolute atomic E-state index is 6.18. The molecule has 1 aliphatic rings. The molecule has 0 amide bonds. The zero-order valence-corrected chi connectivity index (χ0v) is 18.0. The number of anilines is 2. The van der Waals surface area contributed by atoms with E-state index in [0.29, 0.717) is 24.3 Å². The maximum Gasteiger partial charge on any atom is 0.165 e. The highest BCUT2D eigenvalue weighted by molar-refractivity contribution is 5.72. The Labute approximate surface area is 180 Å². The van der Waals surface area contributed by atoms with Gasteiger partial charge < -0.3 is 10.1 Å². The second kappa shape index (κ2) is 7.99. The van der Waals surface area contributed by atoms with Gasteiger partial charge >= 0.3 is 0 Å². The summed E-state index contributed by atoms with van der Waals surface area (Å²) in [5.74, 6) is 2.18. The predicted octanol–water partition coefficient (Wildman–Crippen LogP) is 3.05. The second-order valence-electron chi connectivity index (χ2n) is 7.85. The molecule has 0 spiro atoms. The molecule has 4 aromatic heterocycles. The van der Waals surface area contributed by atoms with E-state index in [1.54, 1.807) is 18.6 Å². The van der Waals surface area contributed by atoms with Crippen LogP contribution in [-0.2, 0) is 7.05 Å². The van der Waals surface area contributed by atoms with Crippen molar-refractivity contribution in [1.29, 1.82) is 0 Å². The van der Waals surface area contributed by atoms with Gasteiger partial charge in [0, 0.05) is 37.5 Å². The Morgan fingerprint density at radius 3 is 2.81 bits per heavy atom. The number of aryl methyl sites for hydroxylation is 2. The van der Waals surface area contributed by atoms with Crippen molar-refractivity contribution < 1.29 is 4.74 Å². The molecular formula is C22H26N8O. The molecule has 160 valence electrons. The predicted molar refractivity (Wildman–Crippen MR) is 119 cm³/mol. The van der Waals surface area contributed by atoms with Crippen molar-refractivity contribution in [3.05, 3.63) is 48.7 Å². The van der Waals surface area contributed by atoms with Gasteiger partial charge in [0.15, 0.2) is 11.6 Å². The highest BCUT2D eigenvalue weighted by Gasteiger charge is 2.27. The van der Waals surface area contributed by atoms with Crippen LogP contribution in [0.4, 0.5) is 11.6 Å². The van der Waals surface area contributed by atoms with Gasteiger partial charge in [0.25, 0.3) is 0 Å². The molecule has 9 heteroatoms. The first kappa shape index (κ1) is 19.5. The molecule has 1 aliphatic heterocycles. The Hall–Kier alpha value is -3.46. The van der Waals surface area contributed by atoms with E-state index in [1.807, 2.05) is 41.5 Å². The van der Waals surface area contributed by atoms with Crippen molar-refractivity contribution in [2.45, 2.75) is 26.3 Å². The van der Waals surface area contributed by atoms with Crippen molar-refractivity contribution in [2.24, 2.45) is 7.05 Å². The molecule has 0 aromatic carbocycles. The number of pyridine rings is 1. The number of hydrogen-bond donors (Lipinski definition) is 1. The van der Waals surface area contributed by atoms with E-state index < -0.39 is 0 Å². The van der Waals surface area contributed by atoms with E-state index in [1.165, 1.54) is 6.42 Å². The van der Waals surface area contributed by atoms with Gasteiger partial charge in [-0.25, -0.2) is 9.50 Å². The molecule has 1 atom stereocenters. The van der Waals surface area contributed by atoms with E-state index >= 15 is 0 Å². The standard InChI is InChI=1S/C22H26N8O/c1-4-29-7-6-17(29)14-31-19-12-25-28(3)22(19)16-5-8-30-18(9-16)10-20(27-30)26-21-13-23-15(2)11-24-21/h5,8-13,17H,4,6-7,14H2,1-3H3,(H,24,26,27)/t17-/m1/s1. The molecule has 4 aromatic rings. The van der Waals surface area contributed by atoms with Crippen LogP contribution in [0.1, 0.15) is 19.0 Å². The summed E-state index contributed by atoms with van der Waals surface area (Å²) in [5, 5.41) is 12.2. The normalized spacial score (nSPS) is 16.4. The average molecular weight is 419 g/mol. The largest absolute Gasteiger partial charge is 0.488 e. The number of rotatable bonds is 7. The lowest BCUT2D eigenvalue weighted by molar-refractivity contribution is 0.0563. The summed E-state index contributed by atoms with van der Waals surface area (Å²) in [6, 6.07) is 6.59. The summed E-state index contributed by atoms with van der Waals surface area (Å²) in [7, 11) is 1.94. The van der Waals surface area contributed by atoms with Crippen LogP contribution >= 0.6 is 0 Å². The lowest BCUT2D eigenvalue weighted by atomic mass is 10.0. The summed E-state index contributed by atoms with van der Waals surface area (Å²) < 4.78 is 9.87. The van der Waals surface area contributed by atoms with Crippen molar-refractivity contribution >= 4 is 17.2 Å².